The summed E-state index contributed by atoms with van der Waals surface area (Å²) in [4.78, 5) is 2.46. The summed E-state index contributed by atoms with van der Waals surface area (Å²) in [7, 11) is 0. The summed E-state index contributed by atoms with van der Waals surface area (Å²) in [5.74, 6) is 0. The van der Waals surface area contributed by atoms with Gasteiger partial charge in [0, 0.05) is 19.1 Å². The molecule has 2 N–H and O–H groups in total. The minimum absolute atomic E-state index is 0. The van der Waals surface area contributed by atoms with E-state index in [0.717, 1.165) is 25.9 Å². The van der Waals surface area contributed by atoms with Gasteiger partial charge in [0.1, 0.15) is 0 Å². The average Bonchev–Trinajstić information content (AvgIpc) is 2.64. The Labute approximate surface area is 104 Å². The Morgan fingerprint density at radius 2 is 2.00 bits per heavy atom. The Kier molecular flexibility index (Phi) is 5.26. The molecule has 2 rings (SSSR count). The van der Waals surface area contributed by atoms with Crippen LogP contribution in [-0.4, -0.2) is 30.6 Å². The van der Waals surface area contributed by atoms with Crippen molar-refractivity contribution in [2.75, 3.05) is 19.6 Å². The molecule has 0 aromatic heterocycles. The Balaban J connectivity index is 0.00000128. The highest BCUT2D eigenvalue weighted by Crippen LogP contribution is 2.09. The van der Waals surface area contributed by atoms with Crippen LogP contribution in [0.2, 0.25) is 0 Å². The fraction of sp³-hybridized carbons (Fsp3) is 0.538. The van der Waals surface area contributed by atoms with Crippen LogP contribution in [0.3, 0.4) is 0 Å². The van der Waals surface area contributed by atoms with Crippen LogP contribution in [0.5, 0.6) is 0 Å². The van der Waals surface area contributed by atoms with Crippen molar-refractivity contribution in [3.63, 3.8) is 0 Å². The molecule has 2 nitrogen and oxygen atoms in total. The molecule has 0 bridgehead atoms. The van der Waals surface area contributed by atoms with Gasteiger partial charge in [0.05, 0.1) is 0 Å². The number of hydrogen-bond acceptors (Lipinski definition) is 2. The van der Waals surface area contributed by atoms with Gasteiger partial charge in [0.25, 0.3) is 0 Å². The topological polar surface area (TPSA) is 29.3 Å². The van der Waals surface area contributed by atoms with Gasteiger partial charge in [0.15, 0.2) is 0 Å². The molecular weight excluding hydrogens is 220 g/mol. The number of nitrogens with two attached hydrogens (primary N) is 1. The molecular formula is C13H21ClN2. The Hall–Kier alpha value is -0.570. The zero-order valence-electron chi connectivity index (χ0n) is 9.86. The molecule has 0 radical (unpaired) electrons. The molecule has 1 aliphatic heterocycles. The predicted molar refractivity (Wildman–Crippen MR) is 71.2 cm³/mol. The van der Waals surface area contributed by atoms with Gasteiger partial charge in [0.2, 0.25) is 0 Å². The number of halogens is 1. The first kappa shape index (κ1) is 13.5. The molecule has 1 saturated heterocycles. The van der Waals surface area contributed by atoms with Crippen molar-refractivity contribution >= 4 is 12.4 Å². The summed E-state index contributed by atoms with van der Waals surface area (Å²) >= 11 is 0. The second kappa shape index (κ2) is 6.24. The van der Waals surface area contributed by atoms with Gasteiger partial charge in [-0.25, -0.2) is 0 Å². The molecule has 1 unspecified atom stereocenters. The fourth-order valence-corrected chi connectivity index (χ4v) is 2.11. The summed E-state index contributed by atoms with van der Waals surface area (Å²) < 4.78 is 0. The first-order valence-electron chi connectivity index (χ1n) is 5.77. The zero-order chi connectivity index (χ0) is 10.7. The van der Waals surface area contributed by atoms with Crippen molar-refractivity contribution < 1.29 is 0 Å². The highest BCUT2D eigenvalue weighted by molar-refractivity contribution is 5.85. The normalized spacial score (nSPS) is 20.8. The van der Waals surface area contributed by atoms with Crippen LogP contribution in [0.15, 0.2) is 24.3 Å². The SMILES string of the molecule is Cc1ccc(CCN2CCC(N)C2)cc1.Cl. The van der Waals surface area contributed by atoms with Gasteiger partial charge in [-0.2, -0.15) is 0 Å². The standard InChI is InChI=1S/C13H20N2.ClH/c1-11-2-4-12(5-3-11)6-8-15-9-7-13(14)10-15;/h2-5,13H,6-10,14H2,1H3;1H. The molecule has 0 spiro atoms. The van der Waals surface area contributed by atoms with Crippen LogP contribution in [-0.2, 0) is 6.42 Å². The second-order valence-electron chi connectivity index (χ2n) is 4.58. The Morgan fingerprint density at radius 1 is 1.31 bits per heavy atom. The maximum Gasteiger partial charge on any atom is 0.0180 e. The Bertz CT molecular complexity index is 310. The van der Waals surface area contributed by atoms with Gasteiger partial charge < -0.3 is 10.6 Å². The minimum atomic E-state index is 0. The van der Waals surface area contributed by atoms with E-state index in [1.165, 1.54) is 17.7 Å². The predicted octanol–water partition coefficient (Wildman–Crippen LogP) is 1.99. The number of nitrogens with zero attached hydrogens (tertiary/aromatic N) is 1. The van der Waals surface area contributed by atoms with E-state index in [9.17, 15) is 0 Å². The summed E-state index contributed by atoms with van der Waals surface area (Å²) in [5, 5.41) is 0. The number of hydrogen-bond donors (Lipinski definition) is 1. The number of benzene rings is 1. The molecule has 3 heteroatoms. The van der Waals surface area contributed by atoms with Gasteiger partial charge in [-0.15, -0.1) is 12.4 Å². The molecule has 0 saturated carbocycles. The van der Waals surface area contributed by atoms with E-state index in [1.807, 2.05) is 0 Å². The number of rotatable bonds is 3. The number of likely N-dealkylation sites (tertiary alicyclic amines) is 1. The molecule has 90 valence electrons. The first-order valence-corrected chi connectivity index (χ1v) is 5.77. The van der Waals surface area contributed by atoms with Crippen LogP contribution in [0.1, 0.15) is 17.5 Å². The Morgan fingerprint density at radius 3 is 2.56 bits per heavy atom. The molecule has 1 aromatic carbocycles. The van der Waals surface area contributed by atoms with Gasteiger partial charge in [-0.1, -0.05) is 29.8 Å². The van der Waals surface area contributed by atoms with Crippen molar-refractivity contribution in [1.29, 1.82) is 0 Å². The summed E-state index contributed by atoms with van der Waals surface area (Å²) in [6.45, 7) is 5.53. The lowest BCUT2D eigenvalue weighted by Gasteiger charge is -2.14. The van der Waals surface area contributed by atoms with Crippen molar-refractivity contribution in [2.24, 2.45) is 5.73 Å². The molecule has 1 atom stereocenters. The quantitative estimate of drug-likeness (QED) is 0.876. The maximum atomic E-state index is 5.87. The highest BCUT2D eigenvalue weighted by atomic mass is 35.5. The zero-order valence-corrected chi connectivity index (χ0v) is 10.7. The van der Waals surface area contributed by atoms with Crippen LogP contribution in [0.4, 0.5) is 0 Å². The highest BCUT2D eigenvalue weighted by Gasteiger charge is 2.17. The van der Waals surface area contributed by atoms with Gasteiger partial charge in [-0.3, -0.25) is 0 Å². The van der Waals surface area contributed by atoms with E-state index in [-0.39, 0.29) is 12.4 Å². The molecule has 0 aliphatic carbocycles. The largest absolute Gasteiger partial charge is 0.326 e. The lowest BCUT2D eigenvalue weighted by Crippen LogP contribution is -2.28. The summed E-state index contributed by atoms with van der Waals surface area (Å²) in [5.41, 5.74) is 8.64. The maximum absolute atomic E-state index is 5.87. The van der Waals surface area contributed by atoms with E-state index >= 15 is 0 Å². The molecule has 16 heavy (non-hydrogen) atoms. The number of aryl methyl sites for hydroxylation is 1. The molecule has 0 amide bonds. The fourth-order valence-electron chi connectivity index (χ4n) is 2.11. The average molecular weight is 241 g/mol. The lowest BCUT2D eigenvalue weighted by molar-refractivity contribution is 0.339. The van der Waals surface area contributed by atoms with Crippen molar-refractivity contribution in [3.05, 3.63) is 35.4 Å². The van der Waals surface area contributed by atoms with Crippen LogP contribution >= 0.6 is 12.4 Å². The first-order chi connectivity index (χ1) is 7.24. The van der Waals surface area contributed by atoms with E-state index in [2.05, 4.69) is 36.1 Å². The van der Waals surface area contributed by atoms with E-state index in [0.29, 0.717) is 6.04 Å². The van der Waals surface area contributed by atoms with E-state index in [1.54, 1.807) is 0 Å². The van der Waals surface area contributed by atoms with Crippen molar-refractivity contribution in [1.82, 2.24) is 4.90 Å². The van der Waals surface area contributed by atoms with Crippen molar-refractivity contribution in [3.8, 4) is 0 Å². The van der Waals surface area contributed by atoms with Crippen LogP contribution in [0, 0.1) is 6.92 Å². The molecule has 1 fully saturated rings. The van der Waals surface area contributed by atoms with Gasteiger partial charge >= 0.3 is 0 Å². The third-order valence-corrected chi connectivity index (χ3v) is 3.15. The summed E-state index contributed by atoms with van der Waals surface area (Å²) in [6.07, 6.45) is 2.31. The molecule has 1 aromatic rings. The van der Waals surface area contributed by atoms with Crippen molar-refractivity contribution in [2.45, 2.75) is 25.8 Å². The second-order valence-corrected chi connectivity index (χ2v) is 4.58. The monoisotopic (exact) mass is 240 g/mol. The molecule has 1 heterocycles. The minimum Gasteiger partial charge on any atom is -0.326 e. The molecule has 1 aliphatic rings. The lowest BCUT2D eigenvalue weighted by atomic mass is 10.1. The van der Waals surface area contributed by atoms with Crippen LogP contribution < -0.4 is 5.73 Å². The van der Waals surface area contributed by atoms with Crippen LogP contribution in [0.25, 0.3) is 0 Å². The van der Waals surface area contributed by atoms with E-state index < -0.39 is 0 Å². The summed E-state index contributed by atoms with van der Waals surface area (Å²) in [6, 6.07) is 9.23. The third kappa shape index (κ3) is 3.78. The van der Waals surface area contributed by atoms with E-state index in [4.69, 9.17) is 5.73 Å². The smallest absolute Gasteiger partial charge is 0.0180 e. The van der Waals surface area contributed by atoms with Gasteiger partial charge in [-0.05, 0) is 31.9 Å². The third-order valence-electron chi connectivity index (χ3n) is 3.15.